The van der Waals surface area contributed by atoms with E-state index in [-0.39, 0.29) is 28.2 Å². The number of methoxy groups -OCH3 is 1. The number of imidazole rings is 1. The number of fused-ring (bicyclic) bond motifs is 1. The molecular formula is C36H33Cl2N3O5S. The third kappa shape index (κ3) is 6.13. The van der Waals surface area contributed by atoms with E-state index in [1.54, 1.807) is 0 Å². The molecule has 0 spiro atoms. The van der Waals surface area contributed by atoms with Gasteiger partial charge in [0.15, 0.2) is 0 Å². The molecule has 2 aliphatic rings. The van der Waals surface area contributed by atoms with Gasteiger partial charge in [0.2, 0.25) is 10.0 Å². The van der Waals surface area contributed by atoms with Crippen molar-refractivity contribution in [3.05, 3.63) is 123 Å². The molecule has 4 aromatic carbocycles. The van der Waals surface area contributed by atoms with E-state index in [0.717, 1.165) is 46.4 Å². The molecule has 11 heteroatoms. The fraction of sp³-hybridized carbons (Fsp3) is 0.278. The van der Waals surface area contributed by atoms with Crippen molar-refractivity contribution in [3.63, 3.8) is 0 Å². The number of sulfonamides is 1. The van der Waals surface area contributed by atoms with Crippen molar-refractivity contribution in [2.75, 3.05) is 20.2 Å². The van der Waals surface area contributed by atoms with Gasteiger partial charge in [-0.2, -0.15) is 4.31 Å². The van der Waals surface area contributed by atoms with Crippen molar-refractivity contribution in [1.29, 1.82) is 0 Å². The van der Waals surface area contributed by atoms with Crippen molar-refractivity contribution >= 4 is 50.2 Å². The minimum Gasteiger partial charge on any atom is -0.496 e. The first-order valence-electron chi connectivity index (χ1n) is 15.6. The maximum atomic E-state index is 13.6. The Morgan fingerprint density at radius 2 is 1.45 bits per heavy atom. The molecule has 2 heterocycles. The third-order valence-electron chi connectivity index (χ3n) is 9.25. The van der Waals surface area contributed by atoms with E-state index < -0.39 is 16.0 Å². The van der Waals surface area contributed by atoms with Crippen LogP contribution in [-0.4, -0.2) is 53.5 Å². The van der Waals surface area contributed by atoms with Gasteiger partial charge in [-0.3, -0.25) is 0 Å². The maximum absolute atomic E-state index is 13.6. The molecule has 1 saturated heterocycles. The molecular weight excluding hydrogens is 657 g/mol. The summed E-state index contributed by atoms with van der Waals surface area (Å²) in [5, 5.41) is 10.8. The predicted molar refractivity (Wildman–Crippen MR) is 183 cm³/mol. The van der Waals surface area contributed by atoms with Crippen LogP contribution in [0.1, 0.15) is 76.4 Å². The van der Waals surface area contributed by atoms with Crippen LogP contribution in [0.3, 0.4) is 0 Å². The van der Waals surface area contributed by atoms with Gasteiger partial charge in [-0.15, -0.1) is 0 Å². The van der Waals surface area contributed by atoms with E-state index in [1.165, 1.54) is 29.6 Å². The number of piperidine rings is 1. The summed E-state index contributed by atoms with van der Waals surface area (Å²) < 4.78 is 36.3. The second kappa shape index (κ2) is 12.6. The zero-order valence-corrected chi connectivity index (χ0v) is 28.0. The molecule has 1 saturated carbocycles. The standard InChI is InChI=1S/C36H33Cl2N3O5S/c1-46-33-21-29(13-14-30(33)36(42)43)47(44,45)40-18-16-28(17-19-40)41-32-20-25(8-15-31(32)39-35(41)24-2-3-24)34(22-4-9-26(37)10-5-22)23-6-11-27(38)12-7-23/h4-15,20-21,24,28,34H,2-3,16-19H2,1H3,(H,42,43). The van der Waals surface area contributed by atoms with Gasteiger partial charge in [-0.1, -0.05) is 53.5 Å². The van der Waals surface area contributed by atoms with Crippen molar-refractivity contribution in [3.8, 4) is 5.75 Å². The average Bonchev–Trinajstić information content (AvgIpc) is 3.86. The number of carboxylic acids is 1. The van der Waals surface area contributed by atoms with Gasteiger partial charge >= 0.3 is 5.97 Å². The Balaban J connectivity index is 1.22. The number of hydrogen-bond acceptors (Lipinski definition) is 5. The number of carbonyl (C=O) groups is 1. The number of hydrogen-bond donors (Lipinski definition) is 1. The molecule has 0 radical (unpaired) electrons. The van der Waals surface area contributed by atoms with E-state index in [9.17, 15) is 18.3 Å². The van der Waals surface area contributed by atoms with Gasteiger partial charge in [0.25, 0.3) is 0 Å². The Bertz CT molecular complexity index is 2020. The fourth-order valence-electron chi connectivity index (χ4n) is 6.71. The quantitative estimate of drug-likeness (QED) is 0.157. The van der Waals surface area contributed by atoms with Crippen molar-refractivity contribution in [2.45, 2.75) is 48.5 Å². The Hall–Kier alpha value is -3.89. The van der Waals surface area contributed by atoms with Gasteiger partial charge in [-0.25, -0.2) is 18.2 Å². The summed E-state index contributed by atoms with van der Waals surface area (Å²) in [5.41, 5.74) is 5.23. The zero-order chi connectivity index (χ0) is 32.9. The lowest BCUT2D eigenvalue weighted by Gasteiger charge is -2.33. The summed E-state index contributed by atoms with van der Waals surface area (Å²) >= 11 is 12.5. The highest BCUT2D eigenvalue weighted by Gasteiger charge is 2.36. The SMILES string of the molecule is COc1cc(S(=O)(=O)N2CCC(n3c(C4CC4)nc4ccc(C(c5ccc(Cl)cc5)c5ccc(Cl)cc5)cc43)CC2)ccc1C(=O)O. The minimum atomic E-state index is -3.85. The Labute approximate surface area is 283 Å². The molecule has 0 unspecified atom stereocenters. The highest BCUT2D eigenvalue weighted by atomic mass is 35.5. The van der Waals surface area contributed by atoms with Crippen LogP contribution in [0, 0.1) is 0 Å². The molecule has 7 rings (SSSR count). The second-order valence-corrected chi connectivity index (χ2v) is 15.0. The van der Waals surface area contributed by atoms with Gasteiger partial charge < -0.3 is 14.4 Å². The lowest BCUT2D eigenvalue weighted by atomic mass is 9.85. The number of aromatic carboxylic acids is 1. The van der Waals surface area contributed by atoms with Gasteiger partial charge in [0.05, 0.1) is 23.0 Å². The van der Waals surface area contributed by atoms with Crippen molar-refractivity contribution in [1.82, 2.24) is 13.9 Å². The Morgan fingerprint density at radius 1 is 0.851 bits per heavy atom. The topological polar surface area (TPSA) is 102 Å². The largest absolute Gasteiger partial charge is 0.496 e. The van der Waals surface area contributed by atoms with Crippen molar-refractivity contribution < 1.29 is 23.1 Å². The van der Waals surface area contributed by atoms with Crippen LogP contribution in [0.25, 0.3) is 11.0 Å². The van der Waals surface area contributed by atoms with E-state index in [4.69, 9.17) is 32.9 Å². The first-order chi connectivity index (χ1) is 22.6. The molecule has 1 N–H and O–H groups in total. The molecule has 242 valence electrons. The number of halogens is 2. The highest BCUT2D eigenvalue weighted by molar-refractivity contribution is 7.89. The van der Waals surface area contributed by atoms with Crippen LogP contribution in [-0.2, 0) is 10.0 Å². The first kappa shape index (κ1) is 31.7. The lowest BCUT2D eigenvalue weighted by Crippen LogP contribution is -2.39. The highest BCUT2D eigenvalue weighted by Crippen LogP contribution is 2.44. The summed E-state index contributed by atoms with van der Waals surface area (Å²) in [4.78, 5) is 16.7. The summed E-state index contributed by atoms with van der Waals surface area (Å²) in [6, 6.07) is 26.3. The minimum absolute atomic E-state index is 0.0127. The van der Waals surface area contributed by atoms with E-state index >= 15 is 0 Å². The van der Waals surface area contributed by atoms with E-state index in [1.807, 2.05) is 24.3 Å². The molecule has 47 heavy (non-hydrogen) atoms. The van der Waals surface area contributed by atoms with E-state index in [2.05, 4.69) is 47.0 Å². The van der Waals surface area contributed by atoms with Crippen LogP contribution in [0.5, 0.6) is 5.75 Å². The molecule has 0 atom stereocenters. The molecule has 2 fully saturated rings. The number of ether oxygens (including phenoxy) is 1. The number of carboxylic acid groups (broad SMARTS) is 1. The third-order valence-corrected chi connectivity index (χ3v) is 11.7. The average molecular weight is 691 g/mol. The maximum Gasteiger partial charge on any atom is 0.339 e. The monoisotopic (exact) mass is 689 g/mol. The Kier molecular flexibility index (Phi) is 8.51. The Morgan fingerprint density at radius 3 is 2.00 bits per heavy atom. The molecule has 0 amide bonds. The van der Waals surface area contributed by atoms with E-state index in [0.29, 0.717) is 41.9 Å². The molecule has 0 bridgehead atoms. The molecule has 8 nitrogen and oxygen atoms in total. The normalized spacial score (nSPS) is 16.2. The number of rotatable bonds is 9. The first-order valence-corrected chi connectivity index (χ1v) is 17.8. The summed E-state index contributed by atoms with van der Waals surface area (Å²) in [7, 11) is -2.53. The summed E-state index contributed by atoms with van der Waals surface area (Å²) in [6.07, 6.45) is 3.43. The van der Waals surface area contributed by atoms with Crippen molar-refractivity contribution in [2.24, 2.45) is 0 Å². The summed E-state index contributed by atoms with van der Waals surface area (Å²) in [6.45, 7) is 0.662. The van der Waals surface area contributed by atoms with Gasteiger partial charge in [-0.05, 0) is 90.9 Å². The fourth-order valence-corrected chi connectivity index (χ4v) is 8.45. The van der Waals surface area contributed by atoms with Gasteiger partial charge in [0.1, 0.15) is 17.1 Å². The second-order valence-electron chi connectivity index (χ2n) is 12.2. The predicted octanol–water partition coefficient (Wildman–Crippen LogP) is 8.13. The van der Waals surface area contributed by atoms with Crippen LogP contribution >= 0.6 is 23.2 Å². The smallest absolute Gasteiger partial charge is 0.339 e. The molecule has 1 aromatic heterocycles. The van der Waals surface area contributed by atoms with Gasteiger partial charge in [0, 0.05) is 47.1 Å². The van der Waals surface area contributed by atoms with Crippen LogP contribution in [0.4, 0.5) is 0 Å². The lowest BCUT2D eigenvalue weighted by molar-refractivity contribution is 0.0693. The number of aromatic nitrogens is 2. The molecule has 5 aromatic rings. The van der Waals surface area contributed by atoms with Crippen LogP contribution < -0.4 is 4.74 Å². The molecule has 1 aliphatic carbocycles. The number of benzene rings is 4. The van der Waals surface area contributed by atoms with Crippen LogP contribution in [0.2, 0.25) is 10.0 Å². The summed E-state index contributed by atoms with van der Waals surface area (Å²) in [5.74, 6) is 0.247. The zero-order valence-electron chi connectivity index (χ0n) is 25.6. The molecule has 1 aliphatic heterocycles. The number of nitrogens with zero attached hydrogens (tertiary/aromatic N) is 3. The van der Waals surface area contributed by atoms with Crippen LogP contribution in [0.15, 0.2) is 89.8 Å².